The summed E-state index contributed by atoms with van der Waals surface area (Å²) in [4.78, 5) is 14.9. The molecule has 0 radical (unpaired) electrons. The molecular formula is C21H34N2O3. The monoisotopic (exact) mass is 362 g/mol. The van der Waals surface area contributed by atoms with E-state index in [0.29, 0.717) is 5.92 Å². The molecule has 2 aliphatic carbocycles. The number of fused-ring (bicyclic) bond motifs is 2. The molecule has 4 rings (SSSR count). The van der Waals surface area contributed by atoms with Gasteiger partial charge < -0.3 is 14.8 Å². The lowest BCUT2D eigenvalue weighted by Crippen LogP contribution is -2.42. The Labute approximate surface area is 157 Å². The van der Waals surface area contributed by atoms with E-state index in [9.17, 15) is 4.79 Å². The fraction of sp³-hybridized carbons (Fsp3) is 0.857. The van der Waals surface area contributed by atoms with E-state index < -0.39 is 0 Å². The minimum Gasteiger partial charge on any atom is -0.461 e. The van der Waals surface area contributed by atoms with Crippen LogP contribution in [0.3, 0.4) is 0 Å². The van der Waals surface area contributed by atoms with Crippen molar-refractivity contribution in [3.8, 4) is 0 Å². The SMILES string of the molecule is CC1CCCC2(C)CC3OC(=O)C(CNCCN4CCOCC4)C3C=C12. The number of hydrogen-bond donors (Lipinski definition) is 1. The van der Waals surface area contributed by atoms with Crippen molar-refractivity contribution in [1.29, 1.82) is 0 Å². The average Bonchev–Trinajstić information content (AvgIpc) is 2.92. The summed E-state index contributed by atoms with van der Waals surface area (Å²) in [6, 6.07) is 0. The molecule has 3 fully saturated rings. The number of rotatable bonds is 5. The minimum atomic E-state index is -0.0177. The van der Waals surface area contributed by atoms with Crippen molar-refractivity contribution in [1.82, 2.24) is 10.2 Å². The highest BCUT2D eigenvalue weighted by molar-refractivity contribution is 5.76. The topological polar surface area (TPSA) is 50.8 Å². The Morgan fingerprint density at radius 3 is 2.96 bits per heavy atom. The standard InChI is InChI=1S/C21H34N2O3/c1-15-4-3-5-21(2)13-19-16(12-18(15)21)17(20(24)26-19)14-22-6-7-23-8-10-25-11-9-23/h12,15-17,19,22H,3-11,13-14H2,1-2H3. The molecule has 2 aliphatic heterocycles. The van der Waals surface area contributed by atoms with Gasteiger partial charge in [0.1, 0.15) is 6.10 Å². The maximum Gasteiger partial charge on any atom is 0.311 e. The molecule has 2 saturated heterocycles. The van der Waals surface area contributed by atoms with E-state index in [1.165, 1.54) is 19.3 Å². The Morgan fingerprint density at radius 2 is 2.15 bits per heavy atom. The van der Waals surface area contributed by atoms with E-state index in [1.54, 1.807) is 5.57 Å². The second-order valence-electron chi connectivity index (χ2n) is 9.00. The van der Waals surface area contributed by atoms with Gasteiger partial charge in [-0.2, -0.15) is 0 Å². The predicted octanol–water partition coefficient (Wildman–Crippen LogP) is 2.22. The largest absolute Gasteiger partial charge is 0.461 e. The van der Waals surface area contributed by atoms with E-state index in [2.05, 4.69) is 30.1 Å². The zero-order valence-electron chi connectivity index (χ0n) is 16.3. The summed E-state index contributed by atoms with van der Waals surface area (Å²) in [7, 11) is 0. The zero-order chi connectivity index (χ0) is 18.1. The molecule has 2 heterocycles. The molecule has 5 atom stereocenters. The second-order valence-corrected chi connectivity index (χ2v) is 9.00. The first-order valence-corrected chi connectivity index (χ1v) is 10.5. The maximum atomic E-state index is 12.5. The number of morpholine rings is 1. The fourth-order valence-electron chi connectivity index (χ4n) is 5.60. The van der Waals surface area contributed by atoms with Crippen molar-refractivity contribution in [2.24, 2.45) is 23.2 Å². The van der Waals surface area contributed by atoms with Crippen LogP contribution in [0.4, 0.5) is 0 Å². The predicted molar refractivity (Wildman–Crippen MR) is 101 cm³/mol. The van der Waals surface area contributed by atoms with Gasteiger partial charge in [-0.25, -0.2) is 0 Å². The molecule has 0 bridgehead atoms. The van der Waals surface area contributed by atoms with E-state index in [-0.39, 0.29) is 29.3 Å². The minimum absolute atomic E-state index is 0.00521. The summed E-state index contributed by atoms with van der Waals surface area (Å²) in [5, 5.41) is 3.52. The molecular weight excluding hydrogens is 328 g/mol. The first kappa shape index (κ1) is 18.5. The van der Waals surface area contributed by atoms with Crippen LogP contribution in [0.15, 0.2) is 11.6 Å². The fourth-order valence-corrected chi connectivity index (χ4v) is 5.60. The van der Waals surface area contributed by atoms with Gasteiger partial charge in [0.2, 0.25) is 0 Å². The number of nitrogens with one attached hydrogen (secondary N) is 1. The highest BCUT2D eigenvalue weighted by Crippen LogP contribution is 2.53. The van der Waals surface area contributed by atoms with Crippen LogP contribution in [0.25, 0.3) is 0 Å². The molecule has 1 saturated carbocycles. The van der Waals surface area contributed by atoms with Crippen LogP contribution in [-0.4, -0.2) is 62.9 Å². The van der Waals surface area contributed by atoms with Gasteiger partial charge in [-0.15, -0.1) is 0 Å². The van der Waals surface area contributed by atoms with Crippen LogP contribution in [0, 0.1) is 23.2 Å². The Morgan fingerprint density at radius 1 is 1.35 bits per heavy atom. The molecule has 0 aromatic rings. The molecule has 0 aromatic heterocycles. The highest BCUT2D eigenvalue weighted by atomic mass is 16.6. The van der Waals surface area contributed by atoms with Crippen LogP contribution >= 0.6 is 0 Å². The number of allylic oxidation sites excluding steroid dienone is 1. The van der Waals surface area contributed by atoms with Crippen LogP contribution in [-0.2, 0) is 14.3 Å². The van der Waals surface area contributed by atoms with E-state index in [0.717, 1.165) is 52.4 Å². The number of carbonyl (C=O) groups excluding carboxylic acids is 1. The van der Waals surface area contributed by atoms with Gasteiger partial charge >= 0.3 is 5.97 Å². The van der Waals surface area contributed by atoms with Gasteiger partial charge in [-0.05, 0) is 30.6 Å². The summed E-state index contributed by atoms with van der Waals surface area (Å²) in [6.45, 7) is 11.1. The molecule has 0 aromatic carbocycles. The lowest BCUT2D eigenvalue weighted by atomic mass is 9.59. The molecule has 5 nitrogen and oxygen atoms in total. The molecule has 0 amide bonds. The number of carbonyl (C=O) groups is 1. The van der Waals surface area contributed by atoms with Gasteiger partial charge in [0.25, 0.3) is 0 Å². The van der Waals surface area contributed by atoms with Gasteiger partial charge in [0.15, 0.2) is 0 Å². The summed E-state index contributed by atoms with van der Waals surface area (Å²) in [5.74, 6) is 0.906. The maximum absolute atomic E-state index is 12.5. The van der Waals surface area contributed by atoms with Crippen molar-refractivity contribution in [3.05, 3.63) is 11.6 Å². The third kappa shape index (κ3) is 3.58. The van der Waals surface area contributed by atoms with Crippen molar-refractivity contribution < 1.29 is 14.3 Å². The first-order valence-electron chi connectivity index (χ1n) is 10.5. The average molecular weight is 363 g/mol. The van der Waals surface area contributed by atoms with Gasteiger partial charge in [-0.1, -0.05) is 31.9 Å². The highest BCUT2D eigenvalue weighted by Gasteiger charge is 2.51. The van der Waals surface area contributed by atoms with Crippen molar-refractivity contribution in [3.63, 3.8) is 0 Å². The van der Waals surface area contributed by atoms with Crippen LogP contribution in [0.2, 0.25) is 0 Å². The molecule has 4 aliphatic rings. The number of nitrogens with zero attached hydrogens (tertiary/aromatic N) is 1. The summed E-state index contributed by atoms with van der Waals surface area (Å²) in [6.07, 6.45) is 7.38. The Hall–Kier alpha value is -0.910. The number of esters is 1. The third-order valence-corrected chi connectivity index (χ3v) is 7.15. The van der Waals surface area contributed by atoms with Crippen molar-refractivity contribution >= 4 is 5.97 Å². The van der Waals surface area contributed by atoms with E-state index in [4.69, 9.17) is 9.47 Å². The summed E-state index contributed by atoms with van der Waals surface area (Å²) >= 11 is 0. The van der Waals surface area contributed by atoms with Crippen molar-refractivity contribution in [2.45, 2.75) is 45.6 Å². The molecule has 146 valence electrons. The quantitative estimate of drug-likeness (QED) is 0.462. The van der Waals surface area contributed by atoms with Gasteiger partial charge in [-0.3, -0.25) is 9.69 Å². The van der Waals surface area contributed by atoms with Crippen LogP contribution in [0.1, 0.15) is 39.5 Å². The van der Waals surface area contributed by atoms with E-state index in [1.807, 2.05) is 0 Å². The second kappa shape index (κ2) is 7.61. The Bertz CT molecular complexity index is 557. The Kier molecular flexibility index (Phi) is 5.40. The lowest BCUT2D eigenvalue weighted by Gasteiger charge is -2.46. The molecule has 1 N–H and O–H groups in total. The zero-order valence-corrected chi connectivity index (χ0v) is 16.3. The number of hydrogen-bond acceptors (Lipinski definition) is 5. The van der Waals surface area contributed by atoms with Crippen LogP contribution in [0.5, 0.6) is 0 Å². The summed E-state index contributed by atoms with van der Waals surface area (Å²) in [5.41, 5.74) is 1.85. The van der Waals surface area contributed by atoms with Gasteiger partial charge in [0.05, 0.1) is 19.1 Å². The van der Waals surface area contributed by atoms with Crippen LogP contribution < -0.4 is 5.32 Å². The molecule has 26 heavy (non-hydrogen) atoms. The van der Waals surface area contributed by atoms with Gasteiger partial charge in [0, 0.05) is 38.6 Å². The summed E-state index contributed by atoms with van der Waals surface area (Å²) < 4.78 is 11.2. The van der Waals surface area contributed by atoms with E-state index >= 15 is 0 Å². The Balaban J connectivity index is 1.35. The first-order chi connectivity index (χ1) is 12.6. The molecule has 5 unspecified atom stereocenters. The number of ether oxygens (including phenoxy) is 2. The lowest BCUT2D eigenvalue weighted by molar-refractivity contribution is -0.145. The van der Waals surface area contributed by atoms with Crippen molar-refractivity contribution in [2.75, 3.05) is 45.9 Å². The third-order valence-electron chi connectivity index (χ3n) is 7.15. The smallest absolute Gasteiger partial charge is 0.311 e. The normalized spacial score (nSPS) is 40.5. The molecule has 0 spiro atoms. The molecule has 5 heteroatoms.